The molecular formula is C15H16ClN3O4. The Morgan fingerprint density at radius 1 is 1.35 bits per heavy atom. The molecule has 1 aromatic heterocycles. The van der Waals surface area contributed by atoms with Gasteiger partial charge in [-0.15, -0.1) is 0 Å². The number of rotatable bonds is 7. The lowest BCUT2D eigenvalue weighted by Gasteiger charge is -2.16. The third-order valence-corrected chi connectivity index (χ3v) is 3.37. The maximum Gasteiger partial charge on any atom is 0.354 e. The molecule has 0 aliphatic carbocycles. The van der Waals surface area contributed by atoms with Crippen molar-refractivity contribution in [2.75, 3.05) is 20.2 Å². The van der Waals surface area contributed by atoms with E-state index in [1.54, 1.807) is 31.3 Å². The van der Waals surface area contributed by atoms with Gasteiger partial charge in [0.15, 0.2) is 11.4 Å². The molecular weight excluding hydrogens is 322 g/mol. The molecule has 0 saturated carbocycles. The monoisotopic (exact) mass is 337 g/mol. The Balaban J connectivity index is 1.81. The summed E-state index contributed by atoms with van der Waals surface area (Å²) in [4.78, 5) is 30.8. The number of carboxylic acids is 1. The molecule has 7 nitrogen and oxygen atoms in total. The van der Waals surface area contributed by atoms with Crippen molar-refractivity contribution < 1.29 is 19.4 Å². The van der Waals surface area contributed by atoms with Crippen molar-refractivity contribution in [3.8, 4) is 5.75 Å². The lowest BCUT2D eigenvalue weighted by atomic mass is 10.3. The number of imidazole rings is 1. The molecule has 1 heterocycles. The molecule has 0 spiro atoms. The molecule has 0 saturated heterocycles. The molecule has 0 unspecified atom stereocenters. The van der Waals surface area contributed by atoms with E-state index in [9.17, 15) is 9.59 Å². The average molecular weight is 338 g/mol. The second kappa shape index (κ2) is 7.64. The zero-order valence-corrected chi connectivity index (χ0v) is 13.2. The maximum absolute atomic E-state index is 12.2. The predicted octanol–water partition coefficient (Wildman–Crippen LogP) is 2.30. The number of amides is 1. The van der Waals surface area contributed by atoms with Crippen LogP contribution < -0.4 is 4.74 Å². The molecule has 0 aliphatic rings. The topological polar surface area (TPSA) is 95.5 Å². The van der Waals surface area contributed by atoms with Gasteiger partial charge < -0.3 is 19.7 Å². The van der Waals surface area contributed by atoms with Gasteiger partial charge in [-0.05, 0) is 30.7 Å². The van der Waals surface area contributed by atoms with Crippen LogP contribution in [0.5, 0.6) is 5.75 Å². The highest BCUT2D eigenvalue weighted by atomic mass is 35.5. The van der Waals surface area contributed by atoms with Crippen LogP contribution in [0, 0.1) is 0 Å². The molecule has 0 aliphatic heterocycles. The van der Waals surface area contributed by atoms with Crippen LogP contribution in [0.2, 0.25) is 5.02 Å². The van der Waals surface area contributed by atoms with Crippen LogP contribution in [-0.4, -0.2) is 52.1 Å². The van der Waals surface area contributed by atoms with Gasteiger partial charge in [0.2, 0.25) is 0 Å². The lowest BCUT2D eigenvalue weighted by Crippen LogP contribution is -2.30. The first-order valence-corrected chi connectivity index (χ1v) is 7.27. The normalized spacial score (nSPS) is 10.3. The van der Waals surface area contributed by atoms with Crippen LogP contribution in [-0.2, 0) is 0 Å². The predicted molar refractivity (Wildman–Crippen MR) is 84.1 cm³/mol. The number of hydrogen-bond donors (Lipinski definition) is 2. The van der Waals surface area contributed by atoms with Crippen molar-refractivity contribution in [3.05, 3.63) is 47.0 Å². The Labute approximate surface area is 137 Å². The van der Waals surface area contributed by atoms with Crippen molar-refractivity contribution >= 4 is 23.5 Å². The maximum atomic E-state index is 12.2. The van der Waals surface area contributed by atoms with E-state index in [-0.39, 0.29) is 11.4 Å². The summed E-state index contributed by atoms with van der Waals surface area (Å²) in [6.07, 6.45) is 1.78. The van der Waals surface area contributed by atoms with Gasteiger partial charge in [-0.1, -0.05) is 11.6 Å². The van der Waals surface area contributed by atoms with E-state index in [0.29, 0.717) is 30.3 Å². The number of hydrogen-bond acceptors (Lipinski definition) is 4. The summed E-state index contributed by atoms with van der Waals surface area (Å²) in [7, 11) is 1.59. The van der Waals surface area contributed by atoms with Crippen LogP contribution in [0.1, 0.15) is 27.4 Å². The number of halogens is 1. The first-order chi connectivity index (χ1) is 11.0. The van der Waals surface area contributed by atoms with E-state index in [0.717, 1.165) is 0 Å². The van der Waals surface area contributed by atoms with E-state index in [1.165, 1.54) is 11.2 Å². The molecule has 2 rings (SSSR count). The van der Waals surface area contributed by atoms with E-state index < -0.39 is 11.9 Å². The molecule has 1 aromatic carbocycles. The molecule has 0 fully saturated rings. The van der Waals surface area contributed by atoms with E-state index in [4.69, 9.17) is 21.4 Å². The van der Waals surface area contributed by atoms with Crippen molar-refractivity contribution in [1.29, 1.82) is 0 Å². The third kappa shape index (κ3) is 4.46. The van der Waals surface area contributed by atoms with Gasteiger partial charge in [0.25, 0.3) is 5.91 Å². The summed E-state index contributed by atoms with van der Waals surface area (Å²) >= 11 is 5.78. The first kappa shape index (κ1) is 16.8. The third-order valence-electron chi connectivity index (χ3n) is 3.12. The highest BCUT2D eigenvalue weighted by Gasteiger charge is 2.22. The number of aromatic carboxylic acids is 1. The Hall–Kier alpha value is -2.54. The van der Waals surface area contributed by atoms with Gasteiger partial charge in [-0.3, -0.25) is 4.79 Å². The van der Waals surface area contributed by atoms with Gasteiger partial charge in [0, 0.05) is 18.6 Å². The molecule has 0 radical (unpaired) electrons. The molecule has 1 amide bonds. The largest absolute Gasteiger partial charge is 0.494 e. The number of carbonyl (C=O) groups is 2. The number of nitrogens with zero attached hydrogens (tertiary/aromatic N) is 2. The van der Waals surface area contributed by atoms with Gasteiger partial charge in [0.1, 0.15) is 5.75 Å². The summed E-state index contributed by atoms with van der Waals surface area (Å²) in [5.41, 5.74) is -0.308. The summed E-state index contributed by atoms with van der Waals surface area (Å²) in [5.74, 6) is -0.968. The molecule has 122 valence electrons. The van der Waals surface area contributed by atoms with E-state index >= 15 is 0 Å². The molecule has 2 N–H and O–H groups in total. The molecule has 23 heavy (non-hydrogen) atoms. The number of ether oxygens (including phenoxy) is 1. The fourth-order valence-corrected chi connectivity index (χ4v) is 2.05. The van der Waals surface area contributed by atoms with E-state index in [2.05, 4.69) is 9.97 Å². The lowest BCUT2D eigenvalue weighted by molar-refractivity contribution is 0.0674. The second-order valence-corrected chi connectivity index (χ2v) is 5.25. The van der Waals surface area contributed by atoms with Crippen molar-refractivity contribution in [2.24, 2.45) is 0 Å². The highest BCUT2D eigenvalue weighted by molar-refractivity contribution is 6.30. The Bertz CT molecular complexity index is 684. The molecule has 0 bridgehead atoms. The molecule has 0 atom stereocenters. The van der Waals surface area contributed by atoms with Gasteiger partial charge in [-0.25, -0.2) is 9.78 Å². The first-order valence-electron chi connectivity index (χ1n) is 6.89. The Morgan fingerprint density at radius 3 is 2.70 bits per heavy atom. The van der Waals surface area contributed by atoms with Crippen molar-refractivity contribution in [1.82, 2.24) is 14.9 Å². The smallest absolute Gasteiger partial charge is 0.354 e. The van der Waals surface area contributed by atoms with Crippen LogP contribution in [0.3, 0.4) is 0 Å². The number of aromatic nitrogens is 2. The quantitative estimate of drug-likeness (QED) is 0.756. The average Bonchev–Trinajstić information content (AvgIpc) is 3.02. The number of H-pyrrole nitrogens is 1. The standard InChI is InChI=1S/C15H16ClN3O4/c1-19(14(20)12-13(15(21)22)18-9-17-12)7-2-8-23-11-5-3-10(16)4-6-11/h3-6,9H,2,7-8H2,1H3,(H,17,18)(H,21,22). The second-order valence-electron chi connectivity index (χ2n) is 4.81. The summed E-state index contributed by atoms with van der Waals surface area (Å²) in [5, 5.41) is 9.61. The fourth-order valence-electron chi connectivity index (χ4n) is 1.92. The minimum Gasteiger partial charge on any atom is -0.494 e. The summed E-state index contributed by atoms with van der Waals surface area (Å²) < 4.78 is 5.53. The van der Waals surface area contributed by atoms with Crippen LogP contribution in [0.15, 0.2) is 30.6 Å². The van der Waals surface area contributed by atoms with Crippen LogP contribution >= 0.6 is 11.6 Å². The fraction of sp³-hybridized carbons (Fsp3) is 0.267. The number of carboxylic acid groups (broad SMARTS) is 1. The Kier molecular flexibility index (Phi) is 5.59. The van der Waals surface area contributed by atoms with E-state index in [1.807, 2.05) is 0 Å². The van der Waals surface area contributed by atoms with Crippen LogP contribution in [0.25, 0.3) is 0 Å². The van der Waals surface area contributed by atoms with Gasteiger partial charge in [0.05, 0.1) is 12.9 Å². The number of aromatic amines is 1. The number of carbonyl (C=O) groups excluding carboxylic acids is 1. The van der Waals surface area contributed by atoms with Gasteiger partial charge in [-0.2, -0.15) is 0 Å². The van der Waals surface area contributed by atoms with Crippen LogP contribution in [0.4, 0.5) is 0 Å². The van der Waals surface area contributed by atoms with Gasteiger partial charge >= 0.3 is 5.97 Å². The minimum atomic E-state index is -1.22. The summed E-state index contributed by atoms with van der Waals surface area (Å²) in [6, 6.07) is 7.00. The summed E-state index contributed by atoms with van der Waals surface area (Å²) in [6.45, 7) is 0.837. The zero-order valence-electron chi connectivity index (χ0n) is 12.5. The molecule has 8 heteroatoms. The minimum absolute atomic E-state index is 0.0985. The molecule has 2 aromatic rings. The number of benzene rings is 1. The highest BCUT2D eigenvalue weighted by Crippen LogP contribution is 2.15. The zero-order chi connectivity index (χ0) is 16.8. The van der Waals surface area contributed by atoms with Crippen molar-refractivity contribution in [2.45, 2.75) is 6.42 Å². The Morgan fingerprint density at radius 2 is 2.04 bits per heavy atom. The van der Waals surface area contributed by atoms with Crippen molar-refractivity contribution in [3.63, 3.8) is 0 Å². The number of nitrogens with one attached hydrogen (secondary N) is 1. The SMILES string of the molecule is CN(CCCOc1ccc(Cl)cc1)C(=O)c1nc[nH]c1C(=O)O.